The van der Waals surface area contributed by atoms with E-state index in [0.29, 0.717) is 29.9 Å². The Morgan fingerprint density at radius 3 is 2.45 bits per heavy atom. The van der Waals surface area contributed by atoms with E-state index >= 15 is 0 Å². The highest BCUT2D eigenvalue weighted by atomic mass is 16.5. The van der Waals surface area contributed by atoms with Crippen LogP contribution in [0.2, 0.25) is 0 Å². The van der Waals surface area contributed by atoms with Gasteiger partial charge in [-0.25, -0.2) is 0 Å². The van der Waals surface area contributed by atoms with Crippen LogP contribution >= 0.6 is 0 Å². The number of aromatic hydroxyl groups is 2. The summed E-state index contributed by atoms with van der Waals surface area (Å²) >= 11 is 0. The number of methoxy groups -OCH3 is 1. The van der Waals surface area contributed by atoms with Crippen molar-refractivity contribution in [2.75, 3.05) is 13.7 Å². The summed E-state index contributed by atoms with van der Waals surface area (Å²) in [5, 5.41) is 20.9. The third-order valence-corrected chi connectivity index (χ3v) is 4.99. The predicted molar refractivity (Wildman–Crippen MR) is 121 cm³/mol. The fourth-order valence-corrected chi connectivity index (χ4v) is 3.25. The van der Waals surface area contributed by atoms with E-state index in [0.717, 1.165) is 18.4 Å². The van der Waals surface area contributed by atoms with Crippen molar-refractivity contribution in [3.63, 3.8) is 0 Å². The van der Waals surface area contributed by atoms with Gasteiger partial charge >= 0.3 is 0 Å². The average Bonchev–Trinajstić information content (AvgIpc) is 2.74. The summed E-state index contributed by atoms with van der Waals surface area (Å²) in [5.74, 6) is 0.481. The zero-order chi connectivity index (χ0) is 22.5. The van der Waals surface area contributed by atoms with Gasteiger partial charge in [-0.3, -0.25) is 4.79 Å². The Kier molecular flexibility index (Phi) is 6.90. The van der Waals surface area contributed by atoms with Gasteiger partial charge in [0.2, 0.25) is 11.2 Å². The van der Waals surface area contributed by atoms with Gasteiger partial charge in [0.25, 0.3) is 0 Å². The van der Waals surface area contributed by atoms with Crippen LogP contribution in [0.25, 0.3) is 22.3 Å². The minimum Gasteiger partial charge on any atom is -0.507 e. The number of phenolic OH excluding ortho intramolecular Hbond substituents is 2. The van der Waals surface area contributed by atoms with Gasteiger partial charge in [0.05, 0.1) is 13.7 Å². The lowest BCUT2D eigenvalue weighted by Gasteiger charge is -2.15. The number of hydrogen-bond acceptors (Lipinski definition) is 6. The van der Waals surface area contributed by atoms with Gasteiger partial charge in [-0.1, -0.05) is 25.0 Å². The van der Waals surface area contributed by atoms with Gasteiger partial charge in [-0.05, 0) is 51.0 Å². The number of unbranched alkanes of at least 4 members (excludes halogenated alkanes) is 1. The van der Waals surface area contributed by atoms with E-state index in [2.05, 4.69) is 0 Å². The number of rotatable bonds is 8. The first-order valence-electron chi connectivity index (χ1n) is 10.3. The van der Waals surface area contributed by atoms with Crippen molar-refractivity contribution < 1.29 is 24.1 Å². The molecule has 0 bridgehead atoms. The van der Waals surface area contributed by atoms with Gasteiger partial charge in [0, 0.05) is 17.2 Å². The standard InChI is InChI=1S/C25H28O6/c1-5-6-13-30-25-22(28)21-20(27)14-19(26)18(12-7-15(2)3)24(21)31-23(25)16-8-10-17(29-4)11-9-16/h7-11,14,26-27H,5-6,12-13H2,1-4H3. The molecular weight excluding hydrogens is 396 g/mol. The normalized spacial score (nSPS) is 10.8. The summed E-state index contributed by atoms with van der Waals surface area (Å²) in [6.45, 7) is 6.26. The maximum atomic E-state index is 13.4. The molecule has 31 heavy (non-hydrogen) atoms. The molecule has 0 unspecified atom stereocenters. The second-order valence-electron chi connectivity index (χ2n) is 7.60. The van der Waals surface area contributed by atoms with Crippen molar-refractivity contribution in [1.82, 2.24) is 0 Å². The molecule has 1 aromatic heterocycles. The zero-order valence-corrected chi connectivity index (χ0v) is 18.3. The molecule has 3 rings (SSSR count). The number of ether oxygens (including phenoxy) is 2. The van der Waals surface area contributed by atoms with Crippen LogP contribution in [-0.2, 0) is 6.42 Å². The molecule has 0 radical (unpaired) electrons. The monoisotopic (exact) mass is 424 g/mol. The third-order valence-electron chi connectivity index (χ3n) is 4.99. The average molecular weight is 424 g/mol. The lowest BCUT2D eigenvalue weighted by Crippen LogP contribution is -2.12. The Bertz CT molecular complexity index is 1150. The van der Waals surface area contributed by atoms with Crippen LogP contribution in [0.3, 0.4) is 0 Å². The van der Waals surface area contributed by atoms with E-state index in [-0.39, 0.29) is 34.0 Å². The first-order valence-corrected chi connectivity index (χ1v) is 10.3. The van der Waals surface area contributed by atoms with Crippen LogP contribution < -0.4 is 14.9 Å². The van der Waals surface area contributed by atoms with Gasteiger partial charge < -0.3 is 24.1 Å². The summed E-state index contributed by atoms with van der Waals surface area (Å²) in [6, 6.07) is 8.25. The summed E-state index contributed by atoms with van der Waals surface area (Å²) in [4.78, 5) is 13.4. The lowest BCUT2D eigenvalue weighted by atomic mass is 10.0. The maximum Gasteiger partial charge on any atom is 0.239 e. The van der Waals surface area contributed by atoms with Crippen LogP contribution in [0.15, 0.2) is 51.2 Å². The molecule has 6 nitrogen and oxygen atoms in total. The first-order chi connectivity index (χ1) is 14.9. The molecule has 2 N–H and O–H groups in total. The molecule has 0 atom stereocenters. The SMILES string of the molecule is CCCCOc1c(-c2ccc(OC)cc2)oc2c(CC=C(C)C)c(O)cc(O)c2c1=O. The Morgan fingerprint density at radius 2 is 1.84 bits per heavy atom. The molecule has 164 valence electrons. The summed E-state index contributed by atoms with van der Waals surface area (Å²) in [7, 11) is 1.57. The Morgan fingerprint density at radius 1 is 1.13 bits per heavy atom. The number of phenols is 2. The molecule has 3 aromatic rings. The topological polar surface area (TPSA) is 89.1 Å². The van der Waals surface area contributed by atoms with Crippen molar-refractivity contribution in [3.05, 3.63) is 57.8 Å². The number of allylic oxidation sites excluding steroid dienone is 2. The van der Waals surface area contributed by atoms with Gasteiger partial charge in [0.15, 0.2) is 5.76 Å². The second kappa shape index (κ2) is 9.60. The van der Waals surface area contributed by atoms with Crippen molar-refractivity contribution in [2.45, 2.75) is 40.0 Å². The molecule has 0 spiro atoms. The smallest absolute Gasteiger partial charge is 0.239 e. The molecule has 0 saturated heterocycles. The summed E-state index contributed by atoms with van der Waals surface area (Å²) in [6.07, 6.45) is 3.95. The molecule has 0 aliphatic carbocycles. The van der Waals surface area contributed by atoms with Crippen LogP contribution in [0.1, 0.15) is 39.2 Å². The zero-order valence-electron chi connectivity index (χ0n) is 18.3. The molecule has 0 aliphatic heterocycles. The highest BCUT2D eigenvalue weighted by Gasteiger charge is 2.23. The fraction of sp³-hybridized carbons (Fsp3) is 0.320. The maximum absolute atomic E-state index is 13.4. The van der Waals surface area contributed by atoms with Crippen molar-refractivity contribution >= 4 is 11.0 Å². The van der Waals surface area contributed by atoms with Crippen LogP contribution in [0, 0.1) is 0 Å². The predicted octanol–water partition coefficient (Wildman–Crippen LogP) is 5.57. The van der Waals surface area contributed by atoms with Crippen LogP contribution in [0.5, 0.6) is 23.0 Å². The van der Waals surface area contributed by atoms with Gasteiger partial charge in [-0.2, -0.15) is 0 Å². The highest BCUT2D eigenvalue weighted by Crippen LogP contribution is 2.39. The van der Waals surface area contributed by atoms with E-state index < -0.39 is 5.43 Å². The highest BCUT2D eigenvalue weighted by molar-refractivity contribution is 5.91. The Balaban J connectivity index is 2.32. The van der Waals surface area contributed by atoms with E-state index in [1.807, 2.05) is 26.8 Å². The fourth-order valence-electron chi connectivity index (χ4n) is 3.25. The van der Waals surface area contributed by atoms with E-state index in [9.17, 15) is 15.0 Å². The lowest BCUT2D eigenvalue weighted by molar-refractivity contribution is 0.301. The molecule has 0 aliphatic rings. The van der Waals surface area contributed by atoms with E-state index in [1.54, 1.807) is 31.4 Å². The molecular formula is C25H28O6. The molecule has 0 saturated carbocycles. The quantitative estimate of drug-likeness (QED) is 0.363. The van der Waals surface area contributed by atoms with Gasteiger partial charge in [-0.15, -0.1) is 0 Å². The number of fused-ring (bicyclic) bond motifs is 1. The first kappa shape index (κ1) is 22.3. The molecule has 0 fully saturated rings. The molecule has 6 heteroatoms. The van der Waals surface area contributed by atoms with Crippen molar-refractivity contribution in [1.29, 1.82) is 0 Å². The third kappa shape index (κ3) is 4.68. The van der Waals surface area contributed by atoms with Crippen LogP contribution in [-0.4, -0.2) is 23.9 Å². The largest absolute Gasteiger partial charge is 0.507 e. The summed E-state index contributed by atoms with van der Waals surface area (Å²) < 4.78 is 17.2. The van der Waals surface area contributed by atoms with Crippen molar-refractivity contribution in [3.8, 4) is 34.3 Å². The van der Waals surface area contributed by atoms with Crippen LogP contribution in [0.4, 0.5) is 0 Å². The van der Waals surface area contributed by atoms with Crippen molar-refractivity contribution in [2.24, 2.45) is 0 Å². The molecule has 0 amide bonds. The molecule has 1 heterocycles. The Labute approximate surface area is 181 Å². The number of hydrogen-bond donors (Lipinski definition) is 2. The Hall–Kier alpha value is -3.41. The minimum atomic E-state index is -0.473. The van der Waals surface area contributed by atoms with Gasteiger partial charge in [0.1, 0.15) is 28.2 Å². The second-order valence-corrected chi connectivity index (χ2v) is 7.60. The molecule has 2 aromatic carbocycles. The minimum absolute atomic E-state index is 0.00119. The van der Waals surface area contributed by atoms with E-state index in [1.165, 1.54) is 6.07 Å². The summed E-state index contributed by atoms with van der Waals surface area (Å²) in [5.41, 5.74) is 1.79. The van der Waals surface area contributed by atoms with E-state index in [4.69, 9.17) is 13.9 Å². The number of benzene rings is 2.